The second-order valence-corrected chi connectivity index (χ2v) is 6.11. The predicted molar refractivity (Wildman–Crippen MR) is 99.5 cm³/mol. The van der Waals surface area contributed by atoms with E-state index >= 15 is 0 Å². The molecule has 1 heterocycles. The van der Waals surface area contributed by atoms with Gasteiger partial charge in [-0.1, -0.05) is 36.4 Å². The van der Waals surface area contributed by atoms with Crippen molar-refractivity contribution in [2.45, 2.75) is 19.4 Å². The molecule has 0 aliphatic carbocycles. The van der Waals surface area contributed by atoms with Crippen LogP contribution in [0.25, 0.3) is 0 Å². The van der Waals surface area contributed by atoms with Crippen LogP contribution < -0.4 is 4.90 Å². The Morgan fingerprint density at radius 3 is 2.19 bits per heavy atom. The Hall–Kier alpha value is -3.21. The second kappa shape index (κ2) is 7.78. The summed E-state index contributed by atoms with van der Waals surface area (Å²) in [4.78, 5) is 39.2. The molecular formula is C21H20N2O3. The summed E-state index contributed by atoms with van der Waals surface area (Å²) in [5, 5.41) is 0. The van der Waals surface area contributed by atoms with E-state index in [1.165, 1.54) is 4.90 Å². The van der Waals surface area contributed by atoms with Crippen LogP contribution in [0.5, 0.6) is 0 Å². The van der Waals surface area contributed by atoms with E-state index in [1.54, 1.807) is 35.2 Å². The smallest absolute Gasteiger partial charge is 0.258 e. The van der Waals surface area contributed by atoms with Gasteiger partial charge in [-0.2, -0.15) is 0 Å². The lowest BCUT2D eigenvalue weighted by atomic mass is 10.1. The van der Waals surface area contributed by atoms with E-state index in [-0.39, 0.29) is 37.1 Å². The number of anilines is 1. The zero-order valence-corrected chi connectivity index (χ0v) is 14.4. The number of carbonyl (C=O) groups excluding carboxylic acids is 3. The molecule has 0 radical (unpaired) electrons. The van der Waals surface area contributed by atoms with Gasteiger partial charge in [0.05, 0.1) is 6.54 Å². The van der Waals surface area contributed by atoms with Crippen LogP contribution in [0.4, 0.5) is 5.69 Å². The van der Waals surface area contributed by atoms with Crippen LogP contribution in [0.1, 0.15) is 28.8 Å². The maximum Gasteiger partial charge on any atom is 0.258 e. The van der Waals surface area contributed by atoms with Gasteiger partial charge < -0.3 is 4.90 Å². The Labute approximate surface area is 152 Å². The van der Waals surface area contributed by atoms with Gasteiger partial charge in [0.1, 0.15) is 0 Å². The molecular weight excluding hydrogens is 328 g/mol. The summed E-state index contributed by atoms with van der Waals surface area (Å²) in [6, 6.07) is 16.4. The van der Waals surface area contributed by atoms with Gasteiger partial charge in [-0.15, -0.1) is 6.58 Å². The molecule has 0 atom stereocenters. The van der Waals surface area contributed by atoms with Crippen LogP contribution in [-0.4, -0.2) is 29.2 Å². The van der Waals surface area contributed by atoms with Crippen molar-refractivity contribution in [2.75, 3.05) is 11.4 Å². The van der Waals surface area contributed by atoms with Crippen LogP contribution in [-0.2, 0) is 16.1 Å². The maximum absolute atomic E-state index is 12.9. The first-order chi connectivity index (χ1) is 12.6. The zero-order valence-electron chi connectivity index (χ0n) is 14.4. The lowest BCUT2D eigenvalue weighted by Crippen LogP contribution is -2.31. The third kappa shape index (κ3) is 3.72. The van der Waals surface area contributed by atoms with Crippen molar-refractivity contribution in [3.63, 3.8) is 0 Å². The van der Waals surface area contributed by atoms with Gasteiger partial charge in [0, 0.05) is 30.6 Å². The van der Waals surface area contributed by atoms with Crippen LogP contribution >= 0.6 is 0 Å². The monoisotopic (exact) mass is 348 g/mol. The standard InChI is InChI=1S/C21H20N2O3/c1-2-14-22(18-6-4-3-5-7-18)21(26)17-10-8-16(9-11-17)15-23-19(24)12-13-20(23)25/h2-11H,1,12-15H2. The highest BCUT2D eigenvalue weighted by Gasteiger charge is 2.28. The fourth-order valence-electron chi connectivity index (χ4n) is 2.93. The third-order valence-electron chi connectivity index (χ3n) is 4.32. The van der Waals surface area contributed by atoms with E-state index in [0.29, 0.717) is 12.1 Å². The number of hydrogen-bond acceptors (Lipinski definition) is 3. The van der Waals surface area contributed by atoms with Crippen molar-refractivity contribution >= 4 is 23.4 Å². The molecule has 3 amide bonds. The second-order valence-electron chi connectivity index (χ2n) is 6.11. The SMILES string of the molecule is C=CCN(C(=O)c1ccc(CN2C(=O)CCC2=O)cc1)c1ccccc1. The summed E-state index contributed by atoms with van der Waals surface area (Å²) >= 11 is 0. The van der Waals surface area contributed by atoms with Crippen molar-refractivity contribution in [3.8, 4) is 0 Å². The van der Waals surface area contributed by atoms with Gasteiger partial charge in [0.2, 0.25) is 11.8 Å². The van der Waals surface area contributed by atoms with Gasteiger partial charge in [-0.05, 0) is 29.8 Å². The highest BCUT2D eigenvalue weighted by atomic mass is 16.2. The van der Waals surface area contributed by atoms with Gasteiger partial charge in [-0.25, -0.2) is 0 Å². The number of amides is 3. The lowest BCUT2D eigenvalue weighted by molar-refractivity contribution is -0.139. The molecule has 26 heavy (non-hydrogen) atoms. The average molecular weight is 348 g/mol. The molecule has 0 unspecified atom stereocenters. The van der Waals surface area contributed by atoms with Crippen LogP contribution in [0.15, 0.2) is 67.3 Å². The number of nitrogens with zero attached hydrogens (tertiary/aromatic N) is 2. The molecule has 3 rings (SSSR count). The number of benzene rings is 2. The topological polar surface area (TPSA) is 57.7 Å². The fourth-order valence-corrected chi connectivity index (χ4v) is 2.93. The molecule has 0 bridgehead atoms. The van der Waals surface area contributed by atoms with E-state index in [4.69, 9.17) is 0 Å². The minimum absolute atomic E-state index is 0.129. The fraction of sp³-hybridized carbons (Fsp3) is 0.190. The van der Waals surface area contributed by atoms with E-state index in [2.05, 4.69) is 6.58 Å². The first-order valence-electron chi connectivity index (χ1n) is 8.50. The first-order valence-corrected chi connectivity index (χ1v) is 8.50. The Bertz CT molecular complexity index is 812. The Balaban J connectivity index is 1.76. The average Bonchev–Trinajstić information content (AvgIpc) is 2.99. The molecule has 2 aromatic rings. The molecule has 1 saturated heterocycles. The molecule has 0 aromatic heterocycles. The molecule has 0 N–H and O–H groups in total. The van der Waals surface area contributed by atoms with Gasteiger partial charge >= 0.3 is 0 Å². The molecule has 5 nitrogen and oxygen atoms in total. The number of likely N-dealkylation sites (tertiary alicyclic amines) is 1. The Morgan fingerprint density at radius 2 is 1.62 bits per heavy atom. The number of carbonyl (C=O) groups is 3. The molecule has 2 aromatic carbocycles. The van der Waals surface area contributed by atoms with E-state index in [1.807, 2.05) is 30.3 Å². The van der Waals surface area contributed by atoms with Crippen molar-refractivity contribution in [3.05, 3.63) is 78.4 Å². The number of hydrogen-bond donors (Lipinski definition) is 0. The normalized spacial score (nSPS) is 13.8. The highest BCUT2D eigenvalue weighted by Crippen LogP contribution is 2.19. The quantitative estimate of drug-likeness (QED) is 0.595. The van der Waals surface area contributed by atoms with Gasteiger partial charge in [0.25, 0.3) is 5.91 Å². The van der Waals surface area contributed by atoms with Crippen molar-refractivity contribution in [1.29, 1.82) is 0 Å². The minimum Gasteiger partial charge on any atom is -0.305 e. The summed E-state index contributed by atoms with van der Waals surface area (Å²) in [6.45, 7) is 4.38. The summed E-state index contributed by atoms with van der Waals surface area (Å²) in [6.07, 6.45) is 2.25. The molecule has 5 heteroatoms. The number of para-hydroxylation sites is 1. The van der Waals surface area contributed by atoms with Crippen LogP contribution in [0, 0.1) is 0 Å². The summed E-state index contributed by atoms with van der Waals surface area (Å²) in [7, 11) is 0. The van der Waals surface area contributed by atoms with E-state index < -0.39 is 0 Å². The summed E-state index contributed by atoms with van der Waals surface area (Å²) < 4.78 is 0. The molecule has 1 fully saturated rings. The van der Waals surface area contributed by atoms with E-state index in [0.717, 1.165) is 11.3 Å². The van der Waals surface area contributed by atoms with E-state index in [9.17, 15) is 14.4 Å². The molecule has 0 saturated carbocycles. The number of rotatable bonds is 6. The zero-order chi connectivity index (χ0) is 18.5. The maximum atomic E-state index is 12.9. The Kier molecular flexibility index (Phi) is 5.27. The Morgan fingerprint density at radius 1 is 1.00 bits per heavy atom. The third-order valence-corrected chi connectivity index (χ3v) is 4.32. The molecule has 1 aliphatic heterocycles. The van der Waals surface area contributed by atoms with Crippen molar-refractivity contribution in [2.24, 2.45) is 0 Å². The first kappa shape index (κ1) is 17.6. The lowest BCUT2D eigenvalue weighted by Gasteiger charge is -2.21. The van der Waals surface area contributed by atoms with Crippen LogP contribution in [0.3, 0.4) is 0 Å². The molecule has 0 spiro atoms. The van der Waals surface area contributed by atoms with Gasteiger partial charge in [0.15, 0.2) is 0 Å². The molecule has 1 aliphatic rings. The number of imide groups is 1. The van der Waals surface area contributed by atoms with Crippen molar-refractivity contribution in [1.82, 2.24) is 4.90 Å². The highest BCUT2D eigenvalue weighted by molar-refractivity contribution is 6.06. The predicted octanol–water partition coefficient (Wildman–Crippen LogP) is 3.17. The minimum atomic E-state index is -0.142. The summed E-state index contributed by atoms with van der Waals surface area (Å²) in [5.41, 5.74) is 2.16. The summed E-state index contributed by atoms with van der Waals surface area (Å²) in [5.74, 6) is -0.413. The van der Waals surface area contributed by atoms with Crippen LogP contribution in [0.2, 0.25) is 0 Å². The van der Waals surface area contributed by atoms with Crippen molar-refractivity contribution < 1.29 is 14.4 Å². The van der Waals surface area contributed by atoms with Gasteiger partial charge in [-0.3, -0.25) is 19.3 Å². The largest absolute Gasteiger partial charge is 0.305 e. The molecule has 132 valence electrons.